The number of alkyl halides is 3. The van der Waals surface area contributed by atoms with E-state index < -0.39 is 24.6 Å². The molecule has 0 aliphatic rings. The Morgan fingerprint density at radius 3 is 2.55 bits per heavy atom. The molecule has 0 atom stereocenters. The second kappa shape index (κ2) is 6.98. The highest BCUT2D eigenvalue weighted by atomic mass is 79.9. The van der Waals surface area contributed by atoms with Crippen molar-refractivity contribution in [1.29, 1.82) is 0 Å². The van der Waals surface area contributed by atoms with Crippen LogP contribution >= 0.6 is 27.7 Å². The molecule has 0 aliphatic heterocycles. The Bertz CT molecular complexity index is 522. The van der Waals surface area contributed by atoms with E-state index in [0.29, 0.717) is 9.37 Å². The number of hydrogen-bond donors (Lipinski definition) is 2. The van der Waals surface area contributed by atoms with Gasteiger partial charge in [0.25, 0.3) is 0 Å². The van der Waals surface area contributed by atoms with Crippen molar-refractivity contribution in [2.75, 3.05) is 12.3 Å². The Morgan fingerprint density at radius 1 is 1.35 bits per heavy atom. The van der Waals surface area contributed by atoms with Crippen molar-refractivity contribution in [2.45, 2.75) is 11.1 Å². The van der Waals surface area contributed by atoms with E-state index >= 15 is 0 Å². The maximum absolute atomic E-state index is 11.9. The van der Waals surface area contributed by atoms with E-state index in [-0.39, 0.29) is 11.3 Å². The predicted molar refractivity (Wildman–Crippen MR) is 70.9 cm³/mol. The lowest BCUT2D eigenvalue weighted by Gasteiger charge is -2.08. The quantitative estimate of drug-likeness (QED) is 0.781. The minimum Gasteiger partial charge on any atom is -0.478 e. The molecule has 0 fully saturated rings. The smallest absolute Gasteiger partial charge is 0.405 e. The maximum atomic E-state index is 11.9. The molecule has 20 heavy (non-hydrogen) atoms. The van der Waals surface area contributed by atoms with Gasteiger partial charge in [0.05, 0.1) is 11.3 Å². The van der Waals surface area contributed by atoms with Crippen LogP contribution in [0.2, 0.25) is 0 Å². The normalized spacial score (nSPS) is 11.2. The van der Waals surface area contributed by atoms with Gasteiger partial charge in [0, 0.05) is 9.37 Å². The van der Waals surface area contributed by atoms with Crippen LogP contribution in [-0.2, 0) is 4.79 Å². The summed E-state index contributed by atoms with van der Waals surface area (Å²) in [5, 5.41) is 10.6. The minimum absolute atomic E-state index is 0.0192. The van der Waals surface area contributed by atoms with Gasteiger partial charge >= 0.3 is 12.1 Å². The molecule has 4 nitrogen and oxygen atoms in total. The SMILES string of the molecule is O=C(CSc1ccc(Br)c(C(=O)O)c1)NCC(F)(F)F. The number of amides is 1. The number of carboxylic acid groups (broad SMARTS) is 1. The second-order valence-electron chi connectivity index (χ2n) is 3.63. The van der Waals surface area contributed by atoms with Crippen molar-refractivity contribution in [1.82, 2.24) is 5.32 Å². The first kappa shape index (κ1) is 16.8. The van der Waals surface area contributed by atoms with Gasteiger partial charge in [0.15, 0.2) is 0 Å². The van der Waals surface area contributed by atoms with Gasteiger partial charge in [-0.15, -0.1) is 11.8 Å². The summed E-state index contributed by atoms with van der Waals surface area (Å²) < 4.78 is 36.0. The number of hydrogen-bond acceptors (Lipinski definition) is 3. The van der Waals surface area contributed by atoms with Crippen LogP contribution in [0.4, 0.5) is 13.2 Å². The van der Waals surface area contributed by atoms with Crippen molar-refractivity contribution in [3.05, 3.63) is 28.2 Å². The monoisotopic (exact) mass is 371 g/mol. The fourth-order valence-corrected chi connectivity index (χ4v) is 2.34. The molecule has 0 heterocycles. The Labute approximate surface area is 124 Å². The highest BCUT2D eigenvalue weighted by molar-refractivity contribution is 9.10. The highest BCUT2D eigenvalue weighted by Gasteiger charge is 2.27. The third kappa shape index (κ3) is 5.83. The molecule has 0 unspecified atom stereocenters. The summed E-state index contributed by atoms with van der Waals surface area (Å²) in [4.78, 5) is 22.6. The van der Waals surface area contributed by atoms with Crippen molar-refractivity contribution < 1.29 is 27.9 Å². The molecule has 9 heteroatoms. The van der Waals surface area contributed by atoms with Crippen LogP contribution in [0.3, 0.4) is 0 Å². The third-order valence-electron chi connectivity index (χ3n) is 2.02. The molecule has 0 bridgehead atoms. The zero-order valence-electron chi connectivity index (χ0n) is 9.83. The highest BCUT2D eigenvalue weighted by Crippen LogP contribution is 2.25. The molecule has 0 saturated carbocycles. The summed E-state index contributed by atoms with van der Waals surface area (Å²) in [6.07, 6.45) is -4.45. The number of carboxylic acids is 1. The molecule has 0 aliphatic carbocycles. The number of carbonyl (C=O) groups is 2. The number of aromatic carboxylic acids is 1. The first-order valence-electron chi connectivity index (χ1n) is 5.18. The van der Waals surface area contributed by atoms with Crippen molar-refractivity contribution in [3.63, 3.8) is 0 Å². The van der Waals surface area contributed by atoms with Crippen LogP contribution in [0.1, 0.15) is 10.4 Å². The van der Waals surface area contributed by atoms with Crippen LogP contribution in [0, 0.1) is 0 Å². The lowest BCUT2D eigenvalue weighted by atomic mass is 10.2. The van der Waals surface area contributed by atoms with Crippen LogP contribution < -0.4 is 5.32 Å². The second-order valence-corrected chi connectivity index (χ2v) is 5.53. The first-order valence-corrected chi connectivity index (χ1v) is 6.96. The van der Waals surface area contributed by atoms with Crippen molar-refractivity contribution >= 4 is 39.6 Å². The number of carbonyl (C=O) groups excluding carboxylic acids is 1. The molecule has 0 radical (unpaired) electrons. The van der Waals surface area contributed by atoms with E-state index in [1.807, 2.05) is 0 Å². The van der Waals surface area contributed by atoms with E-state index in [9.17, 15) is 22.8 Å². The summed E-state index contributed by atoms with van der Waals surface area (Å²) >= 11 is 4.02. The summed E-state index contributed by atoms with van der Waals surface area (Å²) in [5.41, 5.74) is 0.0192. The Kier molecular flexibility index (Phi) is 5.88. The first-order chi connectivity index (χ1) is 9.19. The number of rotatable bonds is 5. The summed E-state index contributed by atoms with van der Waals surface area (Å²) in [6, 6.07) is 4.41. The summed E-state index contributed by atoms with van der Waals surface area (Å²) in [7, 11) is 0. The molecule has 2 N–H and O–H groups in total. The molecule has 0 saturated heterocycles. The third-order valence-corrected chi connectivity index (χ3v) is 3.71. The number of nitrogens with one attached hydrogen (secondary N) is 1. The molecule has 1 aromatic rings. The predicted octanol–water partition coefficient (Wildman–Crippen LogP) is 2.92. The molecule has 0 spiro atoms. The van der Waals surface area contributed by atoms with Gasteiger partial charge in [-0.05, 0) is 34.1 Å². The molecule has 0 aromatic heterocycles. The fraction of sp³-hybridized carbons (Fsp3) is 0.273. The van der Waals surface area contributed by atoms with Gasteiger partial charge in [-0.25, -0.2) is 4.79 Å². The Hall–Kier alpha value is -1.22. The van der Waals surface area contributed by atoms with Gasteiger partial charge in [0.1, 0.15) is 6.54 Å². The maximum Gasteiger partial charge on any atom is 0.405 e. The summed E-state index contributed by atoms with van der Waals surface area (Å²) in [6.45, 7) is -1.38. The van der Waals surface area contributed by atoms with E-state index in [0.717, 1.165) is 11.8 Å². The van der Waals surface area contributed by atoms with Crippen LogP contribution in [0.15, 0.2) is 27.6 Å². The van der Waals surface area contributed by atoms with E-state index in [4.69, 9.17) is 5.11 Å². The molecule has 1 rings (SSSR count). The average Bonchev–Trinajstić information content (AvgIpc) is 2.34. The number of benzene rings is 1. The molecule has 1 amide bonds. The zero-order valence-corrected chi connectivity index (χ0v) is 12.2. The average molecular weight is 372 g/mol. The lowest BCUT2D eigenvalue weighted by molar-refractivity contribution is -0.136. The van der Waals surface area contributed by atoms with E-state index in [1.165, 1.54) is 12.1 Å². The molecular weight excluding hydrogens is 363 g/mol. The minimum atomic E-state index is -4.45. The largest absolute Gasteiger partial charge is 0.478 e. The molecule has 1 aromatic carbocycles. The van der Waals surface area contributed by atoms with Crippen LogP contribution in [0.5, 0.6) is 0 Å². The topological polar surface area (TPSA) is 66.4 Å². The van der Waals surface area contributed by atoms with Gasteiger partial charge in [0.2, 0.25) is 5.91 Å². The van der Waals surface area contributed by atoms with Gasteiger partial charge in [-0.1, -0.05) is 0 Å². The number of halogens is 4. The standard InChI is InChI=1S/C11H9BrF3NO3S/c12-8-2-1-6(3-7(8)10(18)19)20-4-9(17)16-5-11(13,14)15/h1-3H,4-5H2,(H,16,17)(H,18,19). The zero-order chi connectivity index (χ0) is 15.3. The van der Waals surface area contributed by atoms with Gasteiger partial charge in [-0.2, -0.15) is 13.2 Å². The van der Waals surface area contributed by atoms with Gasteiger partial charge < -0.3 is 10.4 Å². The van der Waals surface area contributed by atoms with Crippen LogP contribution in [-0.4, -0.2) is 35.5 Å². The summed E-state index contributed by atoms with van der Waals surface area (Å²) in [5.74, 6) is -2.13. The van der Waals surface area contributed by atoms with E-state index in [1.54, 1.807) is 11.4 Å². The molecular formula is C11H9BrF3NO3S. The van der Waals surface area contributed by atoms with Gasteiger partial charge in [-0.3, -0.25) is 4.79 Å². The Balaban J connectivity index is 2.56. The van der Waals surface area contributed by atoms with Crippen molar-refractivity contribution in [2.24, 2.45) is 0 Å². The molecule has 110 valence electrons. The van der Waals surface area contributed by atoms with Crippen molar-refractivity contribution in [3.8, 4) is 0 Å². The fourth-order valence-electron chi connectivity index (χ4n) is 1.16. The Morgan fingerprint density at radius 2 is 2.00 bits per heavy atom. The lowest BCUT2D eigenvalue weighted by Crippen LogP contribution is -2.34. The van der Waals surface area contributed by atoms with Crippen LogP contribution in [0.25, 0.3) is 0 Å². The van der Waals surface area contributed by atoms with E-state index in [2.05, 4.69) is 15.9 Å². The number of thioether (sulfide) groups is 1.